The van der Waals surface area contributed by atoms with Crippen LogP contribution in [0.2, 0.25) is 0 Å². The van der Waals surface area contributed by atoms with Crippen LogP contribution >= 0.6 is 0 Å². The molecular weight excluding hydrogens is 481 g/mol. The zero-order valence-corrected chi connectivity index (χ0v) is 22.9. The van der Waals surface area contributed by atoms with Gasteiger partial charge in [0.15, 0.2) is 0 Å². The number of carbonyl (C=O) groups excluding carboxylic acids is 4. The Labute approximate surface area is 218 Å². The fourth-order valence-corrected chi connectivity index (χ4v) is 4.17. The number of halogens is 1. The smallest absolute Gasteiger partial charge is 0.408 e. The number of hydrogen-bond acceptors (Lipinski definition) is 6. The lowest BCUT2D eigenvalue weighted by atomic mass is 9.98. The molecule has 1 aromatic carbocycles. The molecule has 1 unspecified atom stereocenters. The summed E-state index contributed by atoms with van der Waals surface area (Å²) < 4.78 is 18.9. The van der Waals surface area contributed by atoms with E-state index in [1.165, 1.54) is 17.0 Å². The molecule has 4 amide bonds. The number of ether oxygens (including phenoxy) is 1. The summed E-state index contributed by atoms with van der Waals surface area (Å²) in [6.45, 7) is 12.6. The molecule has 0 bridgehead atoms. The molecule has 1 heterocycles. The Balaban J connectivity index is 2.21. The van der Waals surface area contributed by atoms with Gasteiger partial charge in [0, 0.05) is 25.0 Å². The van der Waals surface area contributed by atoms with Crippen molar-refractivity contribution in [3.05, 3.63) is 35.6 Å². The Kier molecular flexibility index (Phi) is 10.0. The average molecular weight is 522 g/mol. The van der Waals surface area contributed by atoms with Gasteiger partial charge in [0.05, 0.1) is 12.1 Å². The Bertz CT molecular complexity index is 979. The van der Waals surface area contributed by atoms with Crippen LogP contribution in [0.1, 0.15) is 60.1 Å². The summed E-state index contributed by atoms with van der Waals surface area (Å²) >= 11 is 0. The molecule has 1 aliphatic rings. The summed E-state index contributed by atoms with van der Waals surface area (Å²) in [5.74, 6) is -2.37. The Morgan fingerprint density at radius 1 is 1.00 bits per heavy atom. The maximum Gasteiger partial charge on any atom is 0.408 e. The Morgan fingerprint density at radius 3 is 2.11 bits per heavy atom. The lowest BCUT2D eigenvalue weighted by molar-refractivity contribution is -0.154. The number of amides is 4. The zero-order valence-electron chi connectivity index (χ0n) is 22.9. The quantitative estimate of drug-likeness (QED) is 0.390. The number of piperazine rings is 1. The molecular formula is C26H40FN5O5. The minimum Gasteiger partial charge on any atom is -0.444 e. The van der Waals surface area contributed by atoms with E-state index in [4.69, 9.17) is 4.74 Å². The largest absolute Gasteiger partial charge is 0.444 e. The van der Waals surface area contributed by atoms with Crippen molar-refractivity contribution in [1.29, 1.82) is 0 Å². The van der Waals surface area contributed by atoms with Crippen LogP contribution in [-0.4, -0.2) is 77.6 Å². The van der Waals surface area contributed by atoms with Gasteiger partial charge in [-0.1, -0.05) is 26.0 Å². The van der Waals surface area contributed by atoms with E-state index in [0.717, 1.165) is 0 Å². The van der Waals surface area contributed by atoms with Crippen molar-refractivity contribution in [2.75, 3.05) is 20.1 Å². The number of nitrogens with zero attached hydrogens (tertiary/aromatic N) is 2. The molecule has 0 aliphatic carbocycles. The maximum atomic E-state index is 13.6. The molecule has 0 aromatic heterocycles. The van der Waals surface area contributed by atoms with Crippen LogP contribution in [0.5, 0.6) is 0 Å². The molecule has 0 spiro atoms. The lowest BCUT2D eigenvalue weighted by Gasteiger charge is -2.45. The molecule has 4 atom stereocenters. The molecule has 1 fully saturated rings. The van der Waals surface area contributed by atoms with E-state index in [-0.39, 0.29) is 31.0 Å². The van der Waals surface area contributed by atoms with Crippen molar-refractivity contribution in [2.24, 2.45) is 5.92 Å². The molecule has 1 aliphatic heterocycles. The second-order valence-electron chi connectivity index (χ2n) is 10.7. The lowest BCUT2D eigenvalue weighted by Crippen LogP contribution is -2.62. The molecule has 10 nitrogen and oxygen atoms in total. The first-order valence-corrected chi connectivity index (χ1v) is 12.5. The van der Waals surface area contributed by atoms with Crippen LogP contribution in [-0.2, 0) is 19.1 Å². The van der Waals surface area contributed by atoms with Crippen molar-refractivity contribution >= 4 is 23.8 Å². The van der Waals surface area contributed by atoms with Gasteiger partial charge in [-0.25, -0.2) is 9.18 Å². The van der Waals surface area contributed by atoms with Gasteiger partial charge >= 0.3 is 17.9 Å². The van der Waals surface area contributed by atoms with Gasteiger partial charge in [0.1, 0.15) is 17.6 Å². The number of likely N-dealkylation sites (N-methyl/N-ethyl adjacent to an activating group) is 1. The van der Waals surface area contributed by atoms with Crippen molar-refractivity contribution in [3.8, 4) is 0 Å². The topological polar surface area (TPSA) is 120 Å². The highest BCUT2D eigenvalue weighted by atomic mass is 19.1. The van der Waals surface area contributed by atoms with Crippen molar-refractivity contribution in [2.45, 2.75) is 78.4 Å². The molecule has 2 rings (SSSR count). The fraction of sp³-hybridized carbons (Fsp3) is 0.615. The van der Waals surface area contributed by atoms with E-state index in [1.54, 1.807) is 65.6 Å². The molecule has 37 heavy (non-hydrogen) atoms. The van der Waals surface area contributed by atoms with Gasteiger partial charge in [-0.2, -0.15) is 0 Å². The SMILES string of the molecule is CNC(NC(=O)OC(C)(C)C)[C@@H](C)NC(=O)C(=O)N1C[C@@H](C)N(C(=O)C(C)C)C[C@@H]1c1ccc(F)cc1. The third-order valence-corrected chi connectivity index (χ3v) is 6.07. The van der Waals surface area contributed by atoms with Gasteiger partial charge < -0.3 is 25.2 Å². The minimum atomic E-state index is -0.860. The monoisotopic (exact) mass is 521 g/mol. The van der Waals surface area contributed by atoms with Gasteiger partial charge in [0.25, 0.3) is 0 Å². The Morgan fingerprint density at radius 2 is 1.59 bits per heavy atom. The minimum absolute atomic E-state index is 0.0603. The highest BCUT2D eigenvalue weighted by Crippen LogP contribution is 2.29. The summed E-state index contributed by atoms with van der Waals surface area (Å²) in [7, 11) is 1.60. The number of carbonyl (C=O) groups is 4. The van der Waals surface area contributed by atoms with Crippen LogP contribution in [0.4, 0.5) is 9.18 Å². The molecule has 11 heteroatoms. The number of hydrogen-bond donors (Lipinski definition) is 3. The van der Waals surface area contributed by atoms with Crippen LogP contribution in [0.3, 0.4) is 0 Å². The molecule has 0 radical (unpaired) electrons. The van der Waals surface area contributed by atoms with Crippen LogP contribution in [0.25, 0.3) is 0 Å². The molecule has 3 N–H and O–H groups in total. The highest BCUT2D eigenvalue weighted by molar-refractivity contribution is 6.35. The summed E-state index contributed by atoms with van der Waals surface area (Å²) in [6.07, 6.45) is -1.38. The molecule has 206 valence electrons. The standard InChI is InChI=1S/C26H40FN5O5/c1-15(2)23(34)31-14-20(18-9-11-19(27)12-10-18)32(13-16(31)3)24(35)22(33)29-17(4)21(28-8)30-25(36)37-26(5,6)7/h9-12,15-17,20-21,28H,13-14H2,1-8H3,(H,29,33)(H,30,36)/t16-,17-,20-,21?/m1/s1. The zero-order chi connectivity index (χ0) is 28.1. The first-order valence-electron chi connectivity index (χ1n) is 12.5. The van der Waals surface area contributed by atoms with E-state index < -0.39 is 47.6 Å². The van der Waals surface area contributed by atoms with E-state index in [2.05, 4.69) is 16.0 Å². The van der Waals surface area contributed by atoms with E-state index in [1.807, 2.05) is 6.92 Å². The number of benzene rings is 1. The summed E-state index contributed by atoms with van der Waals surface area (Å²) in [4.78, 5) is 54.5. The fourth-order valence-electron chi connectivity index (χ4n) is 4.17. The predicted molar refractivity (Wildman–Crippen MR) is 137 cm³/mol. The first-order chi connectivity index (χ1) is 17.1. The molecule has 1 aromatic rings. The van der Waals surface area contributed by atoms with Crippen molar-refractivity contribution in [1.82, 2.24) is 25.8 Å². The van der Waals surface area contributed by atoms with Crippen LogP contribution in [0, 0.1) is 11.7 Å². The van der Waals surface area contributed by atoms with Crippen molar-refractivity contribution in [3.63, 3.8) is 0 Å². The van der Waals surface area contributed by atoms with Gasteiger partial charge in [0.2, 0.25) is 5.91 Å². The number of alkyl carbamates (subject to hydrolysis) is 1. The summed E-state index contributed by atoms with van der Waals surface area (Å²) in [6, 6.07) is 4.05. The van der Waals surface area contributed by atoms with Crippen molar-refractivity contribution < 1.29 is 28.3 Å². The summed E-state index contributed by atoms with van der Waals surface area (Å²) in [5.41, 5.74) is -0.0838. The van der Waals surface area contributed by atoms with Gasteiger partial charge in [-0.3, -0.25) is 19.7 Å². The second-order valence-corrected chi connectivity index (χ2v) is 10.7. The van der Waals surface area contributed by atoms with E-state index in [0.29, 0.717) is 5.56 Å². The normalized spacial score (nSPS) is 19.7. The van der Waals surface area contributed by atoms with Crippen LogP contribution in [0.15, 0.2) is 24.3 Å². The van der Waals surface area contributed by atoms with Gasteiger partial charge in [-0.15, -0.1) is 0 Å². The predicted octanol–water partition coefficient (Wildman–Crippen LogP) is 2.16. The first kappa shape index (κ1) is 30.0. The third kappa shape index (κ3) is 8.14. The molecule has 1 saturated heterocycles. The molecule has 0 saturated carbocycles. The average Bonchev–Trinajstić information content (AvgIpc) is 2.80. The van der Waals surface area contributed by atoms with Crippen LogP contribution < -0.4 is 16.0 Å². The van der Waals surface area contributed by atoms with E-state index in [9.17, 15) is 23.6 Å². The number of rotatable bonds is 6. The highest BCUT2D eigenvalue weighted by Gasteiger charge is 2.40. The number of nitrogens with one attached hydrogen (secondary N) is 3. The Hall–Kier alpha value is -3.21. The maximum absolute atomic E-state index is 13.6. The third-order valence-electron chi connectivity index (χ3n) is 6.07. The van der Waals surface area contributed by atoms with Gasteiger partial charge in [-0.05, 0) is 59.4 Å². The second kappa shape index (κ2) is 12.4. The summed E-state index contributed by atoms with van der Waals surface area (Å²) in [5, 5.41) is 8.16. The van der Waals surface area contributed by atoms with E-state index >= 15 is 0 Å².